The predicted molar refractivity (Wildman–Crippen MR) is 88.2 cm³/mol. The van der Waals surface area contributed by atoms with Gasteiger partial charge in [-0.05, 0) is 25.7 Å². The van der Waals surface area contributed by atoms with Crippen LogP contribution in [0.5, 0.6) is 0 Å². The molecule has 2 bridgehead atoms. The van der Waals surface area contributed by atoms with Gasteiger partial charge < -0.3 is 14.4 Å². The van der Waals surface area contributed by atoms with Crippen LogP contribution in [0.15, 0.2) is 0 Å². The maximum Gasteiger partial charge on any atom is 0.323 e. The minimum Gasteiger partial charge on any atom is -0.381 e. The lowest BCUT2D eigenvalue weighted by Gasteiger charge is -2.19. The zero-order valence-electron chi connectivity index (χ0n) is 13.5. The summed E-state index contributed by atoms with van der Waals surface area (Å²) in [6, 6.07) is -0.0431. The van der Waals surface area contributed by atoms with Gasteiger partial charge in [0.15, 0.2) is 0 Å². The Hall–Kier alpha value is -1.25. The average Bonchev–Trinajstić information content (AvgIpc) is 3.36. The van der Waals surface area contributed by atoms with Gasteiger partial charge in [-0.2, -0.15) is 0 Å². The topological polar surface area (TPSA) is 76.6 Å². The van der Waals surface area contributed by atoms with Crippen LogP contribution < -0.4 is 5.32 Å². The Morgan fingerprint density at radius 1 is 1.08 bits per heavy atom. The predicted octanol–water partition coefficient (Wildman–Crippen LogP) is 2.07. The molecule has 24 heavy (non-hydrogen) atoms. The molecule has 4 aliphatic heterocycles. The van der Waals surface area contributed by atoms with Gasteiger partial charge in [-0.3, -0.25) is 5.32 Å². The van der Waals surface area contributed by atoms with Crippen molar-refractivity contribution in [2.45, 2.75) is 43.8 Å². The van der Waals surface area contributed by atoms with Gasteiger partial charge in [-0.1, -0.05) is 11.3 Å². The van der Waals surface area contributed by atoms with Crippen molar-refractivity contribution in [3.8, 4) is 0 Å². The molecule has 4 atom stereocenters. The van der Waals surface area contributed by atoms with E-state index in [1.807, 2.05) is 4.90 Å². The molecule has 7 nitrogen and oxygen atoms in total. The van der Waals surface area contributed by atoms with Crippen LogP contribution in [0.4, 0.5) is 9.93 Å². The van der Waals surface area contributed by atoms with Crippen LogP contribution >= 0.6 is 11.3 Å². The summed E-state index contributed by atoms with van der Waals surface area (Å²) in [5.41, 5.74) is 0. The van der Waals surface area contributed by atoms with Crippen molar-refractivity contribution in [3.05, 3.63) is 5.01 Å². The summed E-state index contributed by atoms with van der Waals surface area (Å²) in [7, 11) is 0. The van der Waals surface area contributed by atoms with Crippen LogP contribution in [0.2, 0.25) is 0 Å². The molecule has 1 aromatic heterocycles. The maximum atomic E-state index is 12.6. The van der Waals surface area contributed by atoms with E-state index in [1.165, 1.54) is 11.3 Å². The lowest BCUT2D eigenvalue weighted by molar-refractivity contribution is 0.0747. The molecule has 0 unspecified atom stereocenters. The molecular formula is C16H22N4O3S. The molecule has 1 aromatic rings. The molecule has 8 heteroatoms. The van der Waals surface area contributed by atoms with Gasteiger partial charge in [0.25, 0.3) is 0 Å². The van der Waals surface area contributed by atoms with E-state index in [2.05, 4.69) is 15.5 Å². The molecule has 0 spiro atoms. The summed E-state index contributed by atoms with van der Waals surface area (Å²) in [4.78, 5) is 14.5. The fourth-order valence-corrected chi connectivity index (χ4v) is 5.59. The molecule has 0 saturated carbocycles. The number of hydrogen-bond acceptors (Lipinski definition) is 6. The monoisotopic (exact) mass is 350 g/mol. The van der Waals surface area contributed by atoms with E-state index in [-0.39, 0.29) is 6.03 Å². The number of fused-ring (bicyclic) bond motifs is 5. The highest BCUT2D eigenvalue weighted by atomic mass is 32.1. The van der Waals surface area contributed by atoms with Gasteiger partial charge in [0.2, 0.25) is 5.13 Å². The maximum absolute atomic E-state index is 12.6. The Labute approximate surface area is 144 Å². The van der Waals surface area contributed by atoms with Crippen molar-refractivity contribution >= 4 is 22.5 Å². The molecule has 5 rings (SSSR count). The molecule has 1 N–H and O–H groups in total. The number of carbonyl (C=O) groups is 1. The summed E-state index contributed by atoms with van der Waals surface area (Å²) in [5.74, 6) is 1.48. The number of urea groups is 1. The Bertz CT molecular complexity index is 615. The molecule has 130 valence electrons. The fraction of sp³-hybridized carbons (Fsp3) is 0.812. The van der Waals surface area contributed by atoms with Crippen LogP contribution in [-0.2, 0) is 9.47 Å². The van der Waals surface area contributed by atoms with Gasteiger partial charge >= 0.3 is 6.03 Å². The number of rotatable bonds is 2. The highest BCUT2D eigenvalue weighted by molar-refractivity contribution is 7.15. The molecule has 4 fully saturated rings. The molecule has 4 aliphatic rings. The number of likely N-dealkylation sites (tertiary alicyclic amines) is 1. The molecule has 5 heterocycles. The number of amides is 2. The number of carbonyl (C=O) groups excluding carboxylic acids is 1. The van der Waals surface area contributed by atoms with Gasteiger partial charge in [-0.15, -0.1) is 10.2 Å². The fourth-order valence-electron chi connectivity index (χ4n) is 4.69. The first-order chi connectivity index (χ1) is 11.8. The lowest BCUT2D eigenvalue weighted by Crippen LogP contribution is -2.35. The third-order valence-corrected chi connectivity index (χ3v) is 6.97. The largest absolute Gasteiger partial charge is 0.381 e. The number of ether oxygens (including phenoxy) is 2. The number of hydrogen-bond donors (Lipinski definition) is 1. The third kappa shape index (κ3) is 2.51. The van der Waals surface area contributed by atoms with E-state index in [9.17, 15) is 4.79 Å². The summed E-state index contributed by atoms with van der Waals surface area (Å²) in [6.45, 7) is 3.19. The molecule has 0 aromatic carbocycles. The Balaban J connectivity index is 1.21. The molecule has 2 amide bonds. The Morgan fingerprint density at radius 3 is 2.50 bits per heavy atom. The first-order valence-corrected chi connectivity index (χ1v) is 9.72. The highest BCUT2D eigenvalue weighted by Gasteiger charge is 2.53. The van der Waals surface area contributed by atoms with E-state index in [1.54, 1.807) is 0 Å². The molecule has 4 saturated heterocycles. The molecule has 0 aliphatic carbocycles. The van der Waals surface area contributed by atoms with Gasteiger partial charge in [0.05, 0.1) is 12.2 Å². The van der Waals surface area contributed by atoms with Crippen molar-refractivity contribution < 1.29 is 14.3 Å². The second kappa shape index (κ2) is 5.93. The van der Waals surface area contributed by atoms with Gasteiger partial charge in [0.1, 0.15) is 5.01 Å². The zero-order valence-corrected chi connectivity index (χ0v) is 14.3. The Kier molecular flexibility index (Phi) is 3.71. The summed E-state index contributed by atoms with van der Waals surface area (Å²) in [5, 5.41) is 13.0. The van der Waals surface area contributed by atoms with Crippen molar-refractivity contribution in [2.24, 2.45) is 11.8 Å². The first kappa shape index (κ1) is 15.0. The van der Waals surface area contributed by atoms with Crippen molar-refractivity contribution in [1.82, 2.24) is 15.1 Å². The molecule has 0 radical (unpaired) electrons. The third-order valence-electron chi connectivity index (χ3n) is 5.96. The first-order valence-electron chi connectivity index (χ1n) is 8.90. The standard InChI is InChI=1S/C16H22N4O3S/c21-16(20-7-10-11(8-20)13-2-1-12(10)23-13)17-15-19-18-14(24-15)9-3-5-22-6-4-9/h9-13H,1-8H2,(H,17,19,21)/t10-,11+,12+,13-. The Morgan fingerprint density at radius 2 is 1.79 bits per heavy atom. The summed E-state index contributed by atoms with van der Waals surface area (Å²) in [6.07, 6.45) is 5.04. The van der Waals surface area contributed by atoms with E-state index < -0.39 is 0 Å². The van der Waals surface area contributed by atoms with E-state index >= 15 is 0 Å². The van der Waals surface area contributed by atoms with Crippen molar-refractivity contribution in [3.63, 3.8) is 0 Å². The number of aromatic nitrogens is 2. The smallest absolute Gasteiger partial charge is 0.323 e. The van der Waals surface area contributed by atoms with Gasteiger partial charge in [0, 0.05) is 44.1 Å². The SMILES string of the molecule is O=C(Nc1nnc(C2CCOCC2)s1)N1C[C@@H]2[C@H](C1)[C@H]1CC[C@@H]2O1. The van der Waals surface area contributed by atoms with Crippen LogP contribution in [0, 0.1) is 11.8 Å². The van der Waals surface area contributed by atoms with E-state index in [0.717, 1.165) is 57.0 Å². The van der Waals surface area contributed by atoms with Crippen LogP contribution in [0.3, 0.4) is 0 Å². The van der Waals surface area contributed by atoms with Crippen LogP contribution in [0.1, 0.15) is 36.6 Å². The minimum atomic E-state index is -0.0431. The lowest BCUT2D eigenvalue weighted by atomic mass is 9.82. The number of nitrogens with one attached hydrogen (secondary N) is 1. The number of anilines is 1. The molecular weight excluding hydrogens is 328 g/mol. The van der Waals surface area contributed by atoms with Crippen LogP contribution in [0.25, 0.3) is 0 Å². The van der Waals surface area contributed by atoms with Crippen LogP contribution in [-0.4, -0.2) is 59.6 Å². The summed E-state index contributed by atoms with van der Waals surface area (Å²) < 4.78 is 11.4. The van der Waals surface area contributed by atoms with Gasteiger partial charge in [-0.25, -0.2) is 4.79 Å². The second-order valence-electron chi connectivity index (χ2n) is 7.29. The average molecular weight is 350 g/mol. The van der Waals surface area contributed by atoms with Crippen molar-refractivity contribution in [1.29, 1.82) is 0 Å². The van der Waals surface area contributed by atoms with Crippen molar-refractivity contribution in [2.75, 3.05) is 31.6 Å². The number of nitrogens with zero attached hydrogens (tertiary/aromatic N) is 3. The highest BCUT2D eigenvalue weighted by Crippen LogP contribution is 2.47. The van der Waals surface area contributed by atoms with E-state index in [0.29, 0.717) is 35.1 Å². The van der Waals surface area contributed by atoms with E-state index in [4.69, 9.17) is 9.47 Å². The normalized spacial score (nSPS) is 35.4. The quantitative estimate of drug-likeness (QED) is 0.884. The zero-order chi connectivity index (χ0) is 16.1. The minimum absolute atomic E-state index is 0.0431. The second-order valence-corrected chi connectivity index (χ2v) is 8.29. The summed E-state index contributed by atoms with van der Waals surface area (Å²) >= 11 is 1.50.